The van der Waals surface area contributed by atoms with E-state index < -0.39 is 7.12 Å². The van der Waals surface area contributed by atoms with Gasteiger partial charge in [0.25, 0.3) is 0 Å². The minimum atomic E-state index is -1.59. The van der Waals surface area contributed by atoms with Gasteiger partial charge in [-0.15, -0.1) is 0 Å². The summed E-state index contributed by atoms with van der Waals surface area (Å²) in [5.41, 5.74) is 0.240. The van der Waals surface area contributed by atoms with Crippen molar-refractivity contribution in [2.45, 2.75) is 0 Å². The van der Waals surface area contributed by atoms with Crippen LogP contribution in [0.15, 0.2) is 18.3 Å². The van der Waals surface area contributed by atoms with Crippen LogP contribution in [0.5, 0.6) is 5.88 Å². The molecule has 1 rings (SSSR count). The lowest BCUT2D eigenvalue weighted by Gasteiger charge is -2.09. The fraction of sp³-hybridized carbons (Fsp3) is 0.500. The Balaban J connectivity index is 2.31. The fourth-order valence-electron chi connectivity index (χ4n) is 1.16. The van der Waals surface area contributed by atoms with Crippen molar-refractivity contribution >= 4 is 12.6 Å². The number of ether oxygens (including phenoxy) is 3. The van der Waals surface area contributed by atoms with Crippen LogP contribution >= 0.6 is 0 Å². The second-order valence-electron chi connectivity index (χ2n) is 3.23. The number of rotatable bonds is 8. The first-order valence-corrected chi connectivity index (χ1v) is 5.26. The van der Waals surface area contributed by atoms with Gasteiger partial charge < -0.3 is 24.3 Å². The van der Waals surface area contributed by atoms with Crippen molar-refractivity contribution in [3.05, 3.63) is 18.3 Å². The van der Waals surface area contributed by atoms with Gasteiger partial charge >= 0.3 is 7.12 Å². The maximum absolute atomic E-state index is 9.06. The molecule has 0 atom stereocenters. The molecule has 0 spiro atoms. The molecule has 0 amide bonds. The summed E-state index contributed by atoms with van der Waals surface area (Å²) in [6.45, 7) is 1.71. The van der Waals surface area contributed by atoms with Crippen LogP contribution in [0, 0.1) is 0 Å². The van der Waals surface area contributed by atoms with E-state index in [9.17, 15) is 0 Å². The van der Waals surface area contributed by atoms with Gasteiger partial charge in [-0.2, -0.15) is 0 Å². The van der Waals surface area contributed by atoms with Crippen molar-refractivity contribution in [1.29, 1.82) is 0 Å². The van der Waals surface area contributed by atoms with E-state index in [0.717, 1.165) is 0 Å². The second kappa shape index (κ2) is 8.02. The average Bonchev–Trinajstić information content (AvgIpc) is 2.34. The number of pyridine rings is 1. The van der Waals surface area contributed by atoms with E-state index in [1.165, 1.54) is 6.20 Å². The third-order valence-electron chi connectivity index (χ3n) is 1.98. The summed E-state index contributed by atoms with van der Waals surface area (Å²) in [5.74, 6) is 0.206. The predicted octanol–water partition coefficient (Wildman–Crippen LogP) is -1.20. The zero-order valence-corrected chi connectivity index (χ0v) is 9.70. The van der Waals surface area contributed by atoms with Crippen LogP contribution in [0.25, 0.3) is 0 Å². The van der Waals surface area contributed by atoms with Gasteiger partial charge in [-0.05, 0) is 6.07 Å². The molecule has 0 radical (unpaired) electrons. The molecular formula is C10H16BNO5. The summed E-state index contributed by atoms with van der Waals surface area (Å²) in [7, 11) is 0.0102. The summed E-state index contributed by atoms with van der Waals surface area (Å²) in [5, 5.41) is 18.1. The van der Waals surface area contributed by atoms with Crippen molar-refractivity contribution in [3.63, 3.8) is 0 Å². The van der Waals surface area contributed by atoms with Crippen molar-refractivity contribution in [3.8, 4) is 5.88 Å². The molecule has 0 aliphatic heterocycles. The Kier molecular flexibility index (Phi) is 6.57. The molecule has 1 heterocycles. The minimum absolute atomic E-state index is 0.206. The van der Waals surface area contributed by atoms with Crippen LogP contribution in [0.3, 0.4) is 0 Å². The molecule has 2 N–H and O–H groups in total. The quantitative estimate of drug-likeness (QED) is 0.439. The van der Waals surface area contributed by atoms with E-state index in [1.54, 1.807) is 19.2 Å². The average molecular weight is 241 g/mol. The lowest BCUT2D eigenvalue weighted by Crippen LogP contribution is -2.32. The van der Waals surface area contributed by atoms with Gasteiger partial charge in [-0.3, -0.25) is 0 Å². The molecule has 1 aromatic rings. The molecule has 0 fully saturated rings. The van der Waals surface area contributed by atoms with Gasteiger partial charge in [0.05, 0.1) is 19.8 Å². The Morgan fingerprint density at radius 2 is 2.00 bits per heavy atom. The van der Waals surface area contributed by atoms with Crippen LogP contribution in [0.4, 0.5) is 0 Å². The molecule has 0 saturated heterocycles. The zero-order chi connectivity index (χ0) is 12.5. The van der Waals surface area contributed by atoms with E-state index in [1.807, 2.05) is 0 Å². The highest BCUT2D eigenvalue weighted by Crippen LogP contribution is 2.01. The van der Waals surface area contributed by atoms with Crippen molar-refractivity contribution in [2.75, 3.05) is 33.5 Å². The Morgan fingerprint density at radius 3 is 2.71 bits per heavy atom. The summed E-state index contributed by atoms with van der Waals surface area (Å²) >= 11 is 0. The molecule has 1 aromatic heterocycles. The number of aromatic nitrogens is 1. The van der Waals surface area contributed by atoms with Gasteiger partial charge in [0.2, 0.25) is 5.88 Å². The second-order valence-corrected chi connectivity index (χ2v) is 3.23. The molecule has 6 nitrogen and oxygen atoms in total. The molecule has 94 valence electrons. The smallest absolute Gasteiger partial charge is 0.475 e. The highest BCUT2D eigenvalue weighted by atomic mass is 16.5. The van der Waals surface area contributed by atoms with Crippen molar-refractivity contribution in [2.24, 2.45) is 0 Å². The molecule has 7 heteroatoms. The third-order valence-corrected chi connectivity index (χ3v) is 1.98. The highest BCUT2D eigenvalue weighted by Gasteiger charge is 2.17. The monoisotopic (exact) mass is 241 g/mol. The summed E-state index contributed by atoms with van der Waals surface area (Å²) < 4.78 is 15.3. The molecule has 0 bridgehead atoms. The van der Waals surface area contributed by atoms with Gasteiger partial charge in [0, 0.05) is 18.8 Å². The zero-order valence-electron chi connectivity index (χ0n) is 9.70. The minimum Gasteiger partial charge on any atom is -0.475 e. The van der Waals surface area contributed by atoms with E-state index in [0.29, 0.717) is 26.4 Å². The Hall–Kier alpha value is -1.15. The number of methoxy groups -OCH3 is 1. The topological polar surface area (TPSA) is 81.0 Å². The summed E-state index contributed by atoms with van der Waals surface area (Å²) in [6.07, 6.45) is 1.52. The van der Waals surface area contributed by atoms with Crippen LogP contribution in [-0.2, 0) is 9.47 Å². The number of hydrogen-bond donors (Lipinski definition) is 2. The van der Waals surface area contributed by atoms with Crippen LogP contribution in [0.1, 0.15) is 0 Å². The number of nitrogens with zero attached hydrogens (tertiary/aromatic N) is 1. The molecule has 0 unspecified atom stereocenters. The maximum atomic E-state index is 9.06. The van der Waals surface area contributed by atoms with Crippen molar-refractivity contribution < 1.29 is 24.3 Å². The SMILES string of the molecule is COCCOCCOc1ncccc1B(O)O. The predicted molar refractivity (Wildman–Crippen MR) is 62.3 cm³/mol. The summed E-state index contributed by atoms with van der Waals surface area (Å²) in [4.78, 5) is 3.91. The lowest BCUT2D eigenvalue weighted by atomic mass is 9.81. The van der Waals surface area contributed by atoms with E-state index in [2.05, 4.69) is 4.98 Å². The Bertz CT molecular complexity index is 323. The molecule has 0 aliphatic rings. The Morgan fingerprint density at radius 1 is 1.24 bits per heavy atom. The van der Waals surface area contributed by atoms with Gasteiger partial charge in [-0.25, -0.2) is 4.98 Å². The standard InChI is InChI=1S/C10H16BNO5/c1-15-5-6-16-7-8-17-10-9(11(13)14)3-2-4-12-10/h2-4,13-14H,5-8H2,1H3. The lowest BCUT2D eigenvalue weighted by molar-refractivity contribution is 0.0538. The maximum Gasteiger partial charge on any atom is 0.494 e. The van der Waals surface area contributed by atoms with Crippen LogP contribution in [0.2, 0.25) is 0 Å². The molecule has 17 heavy (non-hydrogen) atoms. The first kappa shape index (κ1) is 13.9. The van der Waals surface area contributed by atoms with Gasteiger partial charge in [0.1, 0.15) is 6.61 Å². The van der Waals surface area contributed by atoms with E-state index in [4.69, 9.17) is 24.3 Å². The molecule has 0 aromatic carbocycles. The fourth-order valence-corrected chi connectivity index (χ4v) is 1.16. The molecular weight excluding hydrogens is 225 g/mol. The largest absolute Gasteiger partial charge is 0.494 e. The van der Waals surface area contributed by atoms with Crippen LogP contribution < -0.4 is 10.2 Å². The van der Waals surface area contributed by atoms with E-state index in [-0.39, 0.29) is 11.3 Å². The molecule has 0 saturated carbocycles. The third kappa shape index (κ3) is 5.14. The Labute approximate surface area is 100 Å². The van der Waals surface area contributed by atoms with Gasteiger partial charge in [-0.1, -0.05) is 6.07 Å². The molecule has 0 aliphatic carbocycles. The normalized spacial score (nSPS) is 10.3. The van der Waals surface area contributed by atoms with Crippen LogP contribution in [-0.4, -0.2) is 55.7 Å². The van der Waals surface area contributed by atoms with Crippen molar-refractivity contribution in [1.82, 2.24) is 4.98 Å². The summed E-state index contributed by atoms with van der Waals surface area (Å²) in [6, 6.07) is 3.15. The van der Waals surface area contributed by atoms with Gasteiger partial charge in [0.15, 0.2) is 0 Å². The van der Waals surface area contributed by atoms with E-state index >= 15 is 0 Å². The highest BCUT2D eigenvalue weighted by molar-refractivity contribution is 6.59. The first-order chi connectivity index (χ1) is 8.25. The first-order valence-electron chi connectivity index (χ1n) is 5.26. The number of hydrogen-bond acceptors (Lipinski definition) is 6.